The lowest BCUT2D eigenvalue weighted by Crippen LogP contribution is -2.52. The third-order valence-electron chi connectivity index (χ3n) is 3.92. The molecule has 0 bridgehead atoms. The second-order valence-corrected chi connectivity index (χ2v) is 5.53. The van der Waals surface area contributed by atoms with Crippen molar-refractivity contribution in [2.75, 3.05) is 13.2 Å². The van der Waals surface area contributed by atoms with E-state index in [1.54, 1.807) is 0 Å². The summed E-state index contributed by atoms with van der Waals surface area (Å²) in [5.41, 5.74) is 0.0289. The van der Waals surface area contributed by atoms with Crippen LogP contribution in [0.15, 0.2) is 0 Å². The molecular formula is C13H27NO. The van der Waals surface area contributed by atoms with Gasteiger partial charge in [0.1, 0.15) is 0 Å². The van der Waals surface area contributed by atoms with Gasteiger partial charge < -0.3 is 10.4 Å². The molecule has 0 aliphatic heterocycles. The van der Waals surface area contributed by atoms with Crippen LogP contribution in [-0.4, -0.2) is 23.8 Å². The number of aliphatic hydroxyl groups is 1. The van der Waals surface area contributed by atoms with E-state index in [0.29, 0.717) is 12.5 Å². The number of aliphatic hydroxyl groups excluding tert-OH is 1. The lowest BCUT2D eigenvalue weighted by Gasteiger charge is -2.40. The molecule has 0 aromatic carbocycles. The summed E-state index contributed by atoms with van der Waals surface area (Å²) in [5, 5.41) is 13.2. The third-order valence-corrected chi connectivity index (χ3v) is 3.92. The van der Waals surface area contributed by atoms with Crippen molar-refractivity contribution in [3.63, 3.8) is 0 Å². The molecule has 3 atom stereocenters. The highest BCUT2D eigenvalue weighted by molar-refractivity contribution is 4.92. The molecule has 0 saturated heterocycles. The van der Waals surface area contributed by atoms with Crippen LogP contribution < -0.4 is 5.32 Å². The van der Waals surface area contributed by atoms with Crippen molar-refractivity contribution in [1.82, 2.24) is 5.32 Å². The minimum Gasteiger partial charge on any atom is -0.394 e. The molecule has 1 aliphatic rings. The topological polar surface area (TPSA) is 32.3 Å². The van der Waals surface area contributed by atoms with Crippen molar-refractivity contribution in [2.45, 2.75) is 58.4 Å². The van der Waals surface area contributed by atoms with Gasteiger partial charge in [-0.2, -0.15) is 0 Å². The van der Waals surface area contributed by atoms with Gasteiger partial charge in [-0.05, 0) is 31.2 Å². The van der Waals surface area contributed by atoms with Crippen molar-refractivity contribution < 1.29 is 5.11 Å². The van der Waals surface area contributed by atoms with E-state index in [-0.39, 0.29) is 5.54 Å². The lowest BCUT2D eigenvalue weighted by molar-refractivity contribution is 0.0960. The standard InChI is InChI=1S/C13H27NO/c1-4-11(2)9-14-13(10-15)7-5-6-12(3)8-13/h11-12,14-15H,4-10H2,1-3H3. The van der Waals surface area contributed by atoms with Gasteiger partial charge in [0.05, 0.1) is 6.61 Å². The smallest absolute Gasteiger partial charge is 0.0613 e. The van der Waals surface area contributed by atoms with Crippen molar-refractivity contribution in [1.29, 1.82) is 0 Å². The zero-order valence-corrected chi connectivity index (χ0v) is 10.6. The van der Waals surface area contributed by atoms with E-state index in [4.69, 9.17) is 0 Å². The Morgan fingerprint density at radius 3 is 2.80 bits per heavy atom. The Labute approximate surface area is 94.5 Å². The summed E-state index contributed by atoms with van der Waals surface area (Å²) in [6.07, 6.45) is 6.08. The number of nitrogens with one attached hydrogen (secondary N) is 1. The van der Waals surface area contributed by atoms with Crippen LogP contribution in [0.3, 0.4) is 0 Å². The molecule has 1 saturated carbocycles. The van der Waals surface area contributed by atoms with Gasteiger partial charge in [0.15, 0.2) is 0 Å². The summed E-state index contributed by atoms with van der Waals surface area (Å²) >= 11 is 0. The fourth-order valence-electron chi connectivity index (χ4n) is 2.56. The van der Waals surface area contributed by atoms with Crippen LogP contribution in [0, 0.1) is 11.8 Å². The maximum absolute atomic E-state index is 9.58. The molecule has 0 amide bonds. The zero-order valence-electron chi connectivity index (χ0n) is 10.6. The molecule has 0 spiro atoms. The van der Waals surface area contributed by atoms with Gasteiger partial charge in [-0.25, -0.2) is 0 Å². The second kappa shape index (κ2) is 5.86. The molecule has 2 nitrogen and oxygen atoms in total. The molecule has 15 heavy (non-hydrogen) atoms. The summed E-state index contributed by atoms with van der Waals surface area (Å²) < 4.78 is 0. The number of hydrogen-bond acceptors (Lipinski definition) is 2. The van der Waals surface area contributed by atoms with Gasteiger partial charge in [0, 0.05) is 5.54 Å². The molecular weight excluding hydrogens is 186 g/mol. The zero-order chi connectivity index (χ0) is 11.3. The van der Waals surface area contributed by atoms with Gasteiger partial charge in [0.25, 0.3) is 0 Å². The van der Waals surface area contributed by atoms with E-state index < -0.39 is 0 Å². The third kappa shape index (κ3) is 3.76. The van der Waals surface area contributed by atoms with Crippen LogP contribution in [0.4, 0.5) is 0 Å². The Hall–Kier alpha value is -0.0800. The summed E-state index contributed by atoms with van der Waals surface area (Å²) in [6, 6.07) is 0. The fraction of sp³-hybridized carbons (Fsp3) is 1.00. The van der Waals surface area contributed by atoms with Crippen LogP contribution in [-0.2, 0) is 0 Å². The summed E-state index contributed by atoms with van der Waals surface area (Å²) in [4.78, 5) is 0. The van der Waals surface area contributed by atoms with Gasteiger partial charge in [-0.3, -0.25) is 0 Å². The first kappa shape index (κ1) is 13.0. The molecule has 90 valence electrons. The van der Waals surface area contributed by atoms with E-state index in [2.05, 4.69) is 26.1 Å². The Balaban J connectivity index is 2.44. The highest BCUT2D eigenvalue weighted by Gasteiger charge is 2.33. The summed E-state index contributed by atoms with van der Waals surface area (Å²) in [5.74, 6) is 1.47. The van der Waals surface area contributed by atoms with E-state index in [1.807, 2.05) is 0 Å². The van der Waals surface area contributed by atoms with E-state index in [0.717, 1.165) is 25.3 Å². The van der Waals surface area contributed by atoms with Crippen molar-refractivity contribution in [3.8, 4) is 0 Å². The molecule has 2 N–H and O–H groups in total. The Kier molecular flexibility index (Phi) is 5.07. The van der Waals surface area contributed by atoms with E-state index in [9.17, 15) is 5.11 Å². The van der Waals surface area contributed by atoms with E-state index in [1.165, 1.54) is 19.3 Å². The van der Waals surface area contributed by atoms with Crippen LogP contribution in [0.5, 0.6) is 0 Å². The average molecular weight is 213 g/mol. The molecule has 1 fully saturated rings. The van der Waals surface area contributed by atoms with Crippen LogP contribution in [0.25, 0.3) is 0 Å². The molecule has 1 rings (SSSR count). The highest BCUT2D eigenvalue weighted by Crippen LogP contribution is 2.32. The Morgan fingerprint density at radius 1 is 1.53 bits per heavy atom. The predicted octanol–water partition coefficient (Wildman–Crippen LogP) is 2.56. The predicted molar refractivity (Wildman–Crippen MR) is 64.9 cm³/mol. The lowest BCUT2D eigenvalue weighted by atomic mass is 9.76. The number of rotatable bonds is 5. The first-order chi connectivity index (χ1) is 7.12. The molecule has 0 aromatic rings. The van der Waals surface area contributed by atoms with Crippen molar-refractivity contribution in [3.05, 3.63) is 0 Å². The molecule has 1 aliphatic carbocycles. The normalized spacial score (nSPS) is 34.0. The fourth-order valence-corrected chi connectivity index (χ4v) is 2.56. The first-order valence-electron chi connectivity index (χ1n) is 6.48. The highest BCUT2D eigenvalue weighted by atomic mass is 16.3. The maximum atomic E-state index is 9.58. The molecule has 0 aromatic heterocycles. The summed E-state index contributed by atoms with van der Waals surface area (Å²) in [6.45, 7) is 8.14. The second-order valence-electron chi connectivity index (χ2n) is 5.53. The molecule has 3 unspecified atom stereocenters. The van der Waals surface area contributed by atoms with Crippen molar-refractivity contribution >= 4 is 0 Å². The first-order valence-corrected chi connectivity index (χ1v) is 6.48. The van der Waals surface area contributed by atoms with E-state index >= 15 is 0 Å². The Morgan fingerprint density at radius 2 is 2.27 bits per heavy atom. The quantitative estimate of drug-likeness (QED) is 0.735. The largest absolute Gasteiger partial charge is 0.394 e. The average Bonchev–Trinajstić information content (AvgIpc) is 2.26. The number of hydrogen-bond donors (Lipinski definition) is 2. The monoisotopic (exact) mass is 213 g/mol. The minimum atomic E-state index is 0.0289. The maximum Gasteiger partial charge on any atom is 0.0613 e. The van der Waals surface area contributed by atoms with Gasteiger partial charge in [-0.1, -0.05) is 40.0 Å². The molecule has 2 heteroatoms. The van der Waals surface area contributed by atoms with Crippen LogP contribution in [0.1, 0.15) is 52.9 Å². The Bertz CT molecular complexity index is 183. The van der Waals surface area contributed by atoms with Crippen LogP contribution >= 0.6 is 0 Å². The summed E-state index contributed by atoms with van der Waals surface area (Å²) in [7, 11) is 0. The molecule has 0 heterocycles. The SMILES string of the molecule is CCC(C)CNC1(CO)CCCC(C)C1. The van der Waals surface area contributed by atoms with Gasteiger partial charge in [0.2, 0.25) is 0 Å². The van der Waals surface area contributed by atoms with Crippen LogP contribution in [0.2, 0.25) is 0 Å². The van der Waals surface area contributed by atoms with Gasteiger partial charge in [-0.15, -0.1) is 0 Å². The minimum absolute atomic E-state index is 0.0289. The molecule has 0 radical (unpaired) electrons. The van der Waals surface area contributed by atoms with Crippen molar-refractivity contribution in [2.24, 2.45) is 11.8 Å². The van der Waals surface area contributed by atoms with Gasteiger partial charge >= 0.3 is 0 Å².